The molecule has 9 nitrogen and oxygen atoms in total. The maximum Gasteiger partial charge on any atom is 0.328 e. The number of aliphatic hydroxyl groups is 1. The fourth-order valence-electron chi connectivity index (χ4n) is 2.17. The quantitative estimate of drug-likeness (QED) is 0.323. The van der Waals surface area contributed by atoms with Crippen molar-refractivity contribution in [3.8, 4) is 0 Å². The molecule has 1 aromatic carbocycles. The summed E-state index contributed by atoms with van der Waals surface area (Å²) in [5.41, 5.74) is 0.513. The number of amides is 3. The normalized spacial score (nSPS) is 12.3. The fraction of sp³-hybridized carbons (Fsp3) is 0.333. The number of carbonyl (C=O) groups is 4. The molecule has 0 aromatic heterocycles. The van der Waals surface area contributed by atoms with Crippen LogP contribution in [-0.4, -0.2) is 54.6 Å². The minimum Gasteiger partial charge on any atom is -0.467 e. The highest BCUT2D eigenvalue weighted by Crippen LogP contribution is 2.05. The summed E-state index contributed by atoms with van der Waals surface area (Å²) in [5, 5.41) is 16.3. The molecule has 0 aliphatic carbocycles. The molecule has 1 rings (SSSR count). The zero-order valence-corrected chi connectivity index (χ0v) is 15.2. The summed E-state index contributed by atoms with van der Waals surface area (Å²) in [6, 6.07) is 6.61. The first-order valence-electron chi connectivity index (χ1n) is 8.08. The Balaban J connectivity index is 2.79. The first kappa shape index (κ1) is 21.8. The molecule has 146 valence electrons. The van der Waals surface area contributed by atoms with Crippen LogP contribution in [0.2, 0.25) is 0 Å². The van der Waals surface area contributed by atoms with Crippen LogP contribution < -0.4 is 16.0 Å². The molecule has 0 spiro atoms. The Hall–Kier alpha value is -3.20. The number of methoxy groups -OCH3 is 1. The summed E-state index contributed by atoms with van der Waals surface area (Å²) < 4.78 is 4.70. The van der Waals surface area contributed by atoms with Gasteiger partial charge in [0.05, 0.1) is 19.4 Å². The van der Waals surface area contributed by atoms with Gasteiger partial charge in [-0.3, -0.25) is 14.4 Å². The lowest BCUT2D eigenvalue weighted by atomic mass is 10.1. The van der Waals surface area contributed by atoms with E-state index in [0.29, 0.717) is 0 Å². The van der Waals surface area contributed by atoms with Gasteiger partial charge < -0.3 is 25.8 Å². The van der Waals surface area contributed by atoms with Crippen LogP contribution in [0.3, 0.4) is 0 Å². The molecule has 0 heterocycles. The zero-order chi connectivity index (χ0) is 20.4. The lowest BCUT2D eigenvalue weighted by Gasteiger charge is -2.21. The molecule has 0 saturated heterocycles. The minimum absolute atomic E-state index is 0.171. The average molecular weight is 377 g/mol. The zero-order valence-electron chi connectivity index (χ0n) is 15.2. The molecule has 0 saturated carbocycles. The topological polar surface area (TPSA) is 134 Å². The van der Waals surface area contributed by atoms with E-state index in [-0.39, 0.29) is 12.1 Å². The maximum absolute atomic E-state index is 12.4. The van der Waals surface area contributed by atoms with Crippen LogP contribution in [0.25, 0.3) is 0 Å². The van der Waals surface area contributed by atoms with E-state index in [4.69, 9.17) is 4.74 Å². The van der Waals surface area contributed by atoms with Crippen LogP contribution in [0.1, 0.15) is 12.5 Å². The van der Waals surface area contributed by atoms with Gasteiger partial charge in [-0.1, -0.05) is 36.9 Å². The number of hydrogen-bond acceptors (Lipinski definition) is 6. The van der Waals surface area contributed by atoms with Crippen LogP contribution in [0.4, 0.5) is 0 Å². The van der Waals surface area contributed by atoms with E-state index < -0.39 is 42.4 Å². The molecule has 0 fully saturated rings. The van der Waals surface area contributed by atoms with Crippen molar-refractivity contribution < 1.29 is 29.0 Å². The molecule has 4 N–H and O–H groups in total. The molecule has 9 heteroatoms. The molecule has 0 unspecified atom stereocenters. The van der Waals surface area contributed by atoms with Crippen molar-refractivity contribution in [2.24, 2.45) is 0 Å². The summed E-state index contributed by atoms with van der Waals surface area (Å²) in [4.78, 5) is 47.2. The molecule has 0 aliphatic heterocycles. The highest BCUT2D eigenvalue weighted by molar-refractivity contribution is 5.99. The van der Waals surface area contributed by atoms with Crippen molar-refractivity contribution in [1.82, 2.24) is 16.0 Å². The Morgan fingerprint density at radius 1 is 1.11 bits per heavy atom. The molecular weight excluding hydrogens is 354 g/mol. The number of esters is 1. The third kappa shape index (κ3) is 7.28. The number of carbonyl (C=O) groups excluding carboxylic acids is 4. The summed E-state index contributed by atoms with van der Waals surface area (Å²) in [7, 11) is 1.19. The predicted molar refractivity (Wildman–Crippen MR) is 96.1 cm³/mol. The second-order valence-corrected chi connectivity index (χ2v) is 5.64. The third-order valence-electron chi connectivity index (χ3n) is 3.49. The van der Waals surface area contributed by atoms with Crippen LogP contribution in [0.15, 0.2) is 42.6 Å². The van der Waals surface area contributed by atoms with Crippen molar-refractivity contribution >= 4 is 23.7 Å². The predicted octanol–water partition coefficient (Wildman–Crippen LogP) is -0.986. The highest BCUT2D eigenvalue weighted by Gasteiger charge is 2.27. The Kier molecular flexibility index (Phi) is 8.67. The molecule has 0 aliphatic rings. The van der Waals surface area contributed by atoms with Gasteiger partial charge in [0.1, 0.15) is 12.1 Å². The molecule has 0 radical (unpaired) electrons. The number of hydrogen-bond donors (Lipinski definition) is 4. The van der Waals surface area contributed by atoms with Gasteiger partial charge in [0.15, 0.2) is 0 Å². The van der Waals surface area contributed by atoms with Crippen molar-refractivity contribution in [3.63, 3.8) is 0 Å². The van der Waals surface area contributed by atoms with Gasteiger partial charge in [-0.05, 0) is 5.56 Å². The number of ether oxygens (including phenoxy) is 1. The van der Waals surface area contributed by atoms with Crippen LogP contribution in [-0.2, 0) is 30.3 Å². The molecule has 0 bridgehead atoms. The number of aliphatic hydroxyl groups excluding tert-OH is 1. The fourth-order valence-corrected chi connectivity index (χ4v) is 2.17. The van der Waals surface area contributed by atoms with Gasteiger partial charge in [0, 0.05) is 13.3 Å². The van der Waals surface area contributed by atoms with Crippen molar-refractivity contribution in [2.45, 2.75) is 25.4 Å². The summed E-state index contributed by atoms with van der Waals surface area (Å²) >= 11 is 0. The maximum atomic E-state index is 12.4. The van der Waals surface area contributed by atoms with E-state index >= 15 is 0 Å². The van der Waals surface area contributed by atoms with Gasteiger partial charge in [0.2, 0.25) is 11.8 Å². The highest BCUT2D eigenvalue weighted by atomic mass is 16.5. The Morgan fingerprint density at radius 2 is 1.74 bits per heavy atom. The lowest BCUT2D eigenvalue weighted by molar-refractivity contribution is -0.145. The van der Waals surface area contributed by atoms with Gasteiger partial charge in [-0.25, -0.2) is 4.79 Å². The van der Waals surface area contributed by atoms with E-state index in [1.54, 1.807) is 24.3 Å². The van der Waals surface area contributed by atoms with E-state index in [1.807, 2.05) is 6.07 Å². The van der Waals surface area contributed by atoms with E-state index in [9.17, 15) is 24.3 Å². The SMILES string of the molecule is C=C(NC(C)=O)C(=O)N[C@@H](CO)C(=O)N[C@@H](Cc1ccccc1)C(=O)OC. The summed E-state index contributed by atoms with van der Waals surface area (Å²) in [6.07, 6.45) is 0.171. The van der Waals surface area contributed by atoms with Crippen LogP contribution in [0.5, 0.6) is 0 Å². The molecule has 2 atom stereocenters. The Labute approximate surface area is 156 Å². The minimum atomic E-state index is -1.34. The lowest BCUT2D eigenvalue weighted by Crippen LogP contribution is -2.54. The summed E-state index contributed by atoms with van der Waals surface area (Å²) in [5.74, 6) is -2.79. The molecular formula is C18H23N3O6. The largest absolute Gasteiger partial charge is 0.467 e. The van der Waals surface area contributed by atoms with Crippen LogP contribution in [0, 0.1) is 0 Å². The Morgan fingerprint density at radius 3 is 2.26 bits per heavy atom. The standard InChI is InChI=1S/C18H23N3O6/c1-11(19-12(2)23)16(24)21-15(10-22)17(25)20-14(18(26)27-3)9-13-7-5-4-6-8-13/h4-8,14-15,22H,1,9-10H2,2-3H3,(H,19,23)(H,20,25)(H,21,24)/t14-,15-/m0/s1. The molecule has 1 aromatic rings. The second-order valence-electron chi connectivity index (χ2n) is 5.64. The molecule has 3 amide bonds. The van der Waals surface area contributed by atoms with Gasteiger partial charge in [-0.2, -0.15) is 0 Å². The number of rotatable bonds is 9. The smallest absolute Gasteiger partial charge is 0.328 e. The van der Waals surface area contributed by atoms with Crippen LogP contribution >= 0.6 is 0 Å². The van der Waals surface area contributed by atoms with Gasteiger partial charge >= 0.3 is 5.97 Å². The van der Waals surface area contributed by atoms with Gasteiger partial charge in [0.25, 0.3) is 5.91 Å². The molecule has 27 heavy (non-hydrogen) atoms. The summed E-state index contributed by atoms with van der Waals surface area (Å²) in [6.45, 7) is 3.84. The first-order chi connectivity index (χ1) is 12.8. The second kappa shape index (κ2) is 10.7. The van der Waals surface area contributed by atoms with Crippen molar-refractivity contribution in [1.29, 1.82) is 0 Å². The number of nitrogens with one attached hydrogen (secondary N) is 3. The van der Waals surface area contributed by atoms with Crippen molar-refractivity contribution in [3.05, 3.63) is 48.2 Å². The van der Waals surface area contributed by atoms with Crippen molar-refractivity contribution in [2.75, 3.05) is 13.7 Å². The monoisotopic (exact) mass is 377 g/mol. The third-order valence-corrected chi connectivity index (χ3v) is 3.49. The van der Waals surface area contributed by atoms with E-state index in [2.05, 4.69) is 22.5 Å². The first-order valence-corrected chi connectivity index (χ1v) is 8.08. The Bertz CT molecular complexity index is 704. The van der Waals surface area contributed by atoms with E-state index in [0.717, 1.165) is 5.56 Å². The van der Waals surface area contributed by atoms with Gasteiger partial charge in [-0.15, -0.1) is 0 Å². The average Bonchev–Trinajstić information content (AvgIpc) is 2.64. The number of benzene rings is 1. The van der Waals surface area contributed by atoms with E-state index in [1.165, 1.54) is 14.0 Å².